The van der Waals surface area contributed by atoms with Crippen LogP contribution < -0.4 is 0 Å². The number of thioether (sulfide) groups is 1. The Kier molecular flexibility index (Phi) is 5.25. The summed E-state index contributed by atoms with van der Waals surface area (Å²) in [4.78, 5) is 12.2. The van der Waals surface area contributed by atoms with Gasteiger partial charge in [0.15, 0.2) is 0 Å². The summed E-state index contributed by atoms with van der Waals surface area (Å²) in [5.41, 5.74) is 0.999. The Balaban J connectivity index is 2.03. The van der Waals surface area contributed by atoms with Crippen molar-refractivity contribution in [1.82, 2.24) is 0 Å². The minimum Gasteiger partial charge on any atom is -0.389 e. The van der Waals surface area contributed by atoms with Crippen molar-refractivity contribution in [3.05, 3.63) is 11.6 Å². The van der Waals surface area contributed by atoms with Crippen LogP contribution in [0.4, 0.5) is 0 Å². The van der Waals surface area contributed by atoms with Gasteiger partial charge >= 0.3 is 0 Å². The van der Waals surface area contributed by atoms with Gasteiger partial charge in [-0.2, -0.15) is 11.8 Å². The molecule has 2 rings (SSSR count). The van der Waals surface area contributed by atoms with Crippen molar-refractivity contribution in [1.29, 1.82) is 0 Å². The molecule has 2 nitrogen and oxygen atoms in total. The number of Topliss-reactive ketones (excluding diaryl/α,β-unsaturated/α-hetero) is 1. The van der Waals surface area contributed by atoms with E-state index in [9.17, 15) is 9.90 Å². The fourth-order valence-electron chi connectivity index (χ4n) is 4.00. The van der Waals surface area contributed by atoms with Crippen LogP contribution in [0.15, 0.2) is 11.6 Å². The van der Waals surface area contributed by atoms with Gasteiger partial charge in [0, 0.05) is 23.3 Å². The van der Waals surface area contributed by atoms with Gasteiger partial charge in [0.1, 0.15) is 5.78 Å². The lowest BCUT2D eigenvalue weighted by molar-refractivity contribution is -0.128. The van der Waals surface area contributed by atoms with Crippen LogP contribution in [0.1, 0.15) is 66.2 Å². The lowest BCUT2D eigenvalue weighted by Gasteiger charge is -2.40. The number of hydrogen-bond acceptors (Lipinski definition) is 3. The number of rotatable bonds is 6. The molecule has 0 aromatic carbocycles. The summed E-state index contributed by atoms with van der Waals surface area (Å²) in [5.74, 6) is 1.47. The molecule has 1 N–H and O–H groups in total. The third-order valence-corrected chi connectivity index (χ3v) is 7.32. The maximum absolute atomic E-state index is 12.2. The molecule has 21 heavy (non-hydrogen) atoms. The molecule has 2 unspecified atom stereocenters. The van der Waals surface area contributed by atoms with Crippen molar-refractivity contribution in [3.8, 4) is 0 Å². The van der Waals surface area contributed by atoms with E-state index in [4.69, 9.17) is 0 Å². The zero-order chi connectivity index (χ0) is 15.7. The van der Waals surface area contributed by atoms with Crippen LogP contribution in [0.25, 0.3) is 0 Å². The highest BCUT2D eigenvalue weighted by Crippen LogP contribution is 2.53. The average molecular weight is 311 g/mol. The second-order valence-corrected chi connectivity index (χ2v) is 8.40. The highest BCUT2D eigenvalue weighted by molar-refractivity contribution is 8.00. The minimum atomic E-state index is -0.541. The number of allylic oxidation sites excluding steroid dienone is 1. The Morgan fingerprint density at radius 3 is 2.76 bits per heavy atom. The predicted molar refractivity (Wildman–Crippen MR) is 90.6 cm³/mol. The first-order valence-corrected chi connectivity index (χ1v) is 9.48. The Bertz CT molecular complexity index is 425. The molecular formula is C18H30O2S. The molecule has 0 amide bonds. The first-order valence-electron chi connectivity index (χ1n) is 8.43. The molecule has 0 saturated heterocycles. The molecule has 2 aliphatic carbocycles. The molecule has 3 atom stereocenters. The molecule has 0 spiro atoms. The Labute approximate surface area is 133 Å². The van der Waals surface area contributed by atoms with E-state index in [1.807, 2.05) is 11.8 Å². The van der Waals surface area contributed by atoms with Gasteiger partial charge in [-0.15, -0.1) is 0 Å². The predicted octanol–water partition coefficient (Wildman–Crippen LogP) is 4.36. The van der Waals surface area contributed by atoms with Crippen molar-refractivity contribution >= 4 is 17.5 Å². The normalized spacial score (nSPS) is 31.0. The quantitative estimate of drug-likeness (QED) is 0.740. The summed E-state index contributed by atoms with van der Waals surface area (Å²) in [5, 5.41) is 10.9. The fraction of sp³-hybridized carbons (Fsp3) is 0.833. The molecule has 0 aromatic heterocycles. The van der Waals surface area contributed by atoms with Crippen molar-refractivity contribution in [2.24, 2.45) is 11.3 Å². The maximum Gasteiger partial charge on any atom is 0.137 e. The summed E-state index contributed by atoms with van der Waals surface area (Å²) < 4.78 is 0. The van der Waals surface area contributed by atoms with E-state index in [1.54, 1.807) is 0 Å². The van der Waals surface area contributed by atoms with Crippen molar-refractivity contribution in [3.63, 3.8) is 0 Å². The number of carbonyl (C=O) groups is 1. The molecule has 0 aromatic rings. The van der Waals surface area contributed by atoms with Crippen molar-refractivity contribution in [2.45, 2.75) is 77.1 Å². The van der Waals surface area contributed by atoms with E-state index in [0.29, 0.717) is 11.0 Å². The van der Waals surface area contributed by atoms with Gasteiger partial charge < -0.3 is 5.11 Å². The first kappa shape index (κ1) is 17.1. The number of fused-ring (bicyclic) bond motifs is 1. The van der Waals surface area contributed by atoms with E-state index in [-0.39, 0.29) is 11.3 Å². The first-order chi connectivity index (χ1) is 9.86. The molecule has 120 valence electrons. The zero-order valence-electron chi connectivity index (χ0n) is 13.9. The van der Waals surface area contributed by atoms with E-state index in [2.05, 4.69) is 33.8 Å². The van der Waals surface area contributed by atoms with Crippen LogP contribution in [0.3, 0.4) is 0 Å². The molecular weight excluding hydrogens is 280 g/mol. The number of hydrogen-bond donors (Lipinski definition) is 1. The molecule has 3 heteroatoms. The van der Waals surface area contributed by atoms with Gasteiger partial charge in [-0.05, 0) is 44.4 Å². The van der Waals surface area contributed by atoms with E-state index in [0.717, 1.165) is 44.3 Å². The molecule has 0 aliphatic heterocycles. The molecule has 0 radical (unpaired) electrons. The summed E-state index contributed by atoms with van der Waals surface area (Å²) in [7, 11) is 0. The van der Waals surface area contributed by atoms with Crippen LogP contribution >= 0.6 is 11.8 Å². The van der Waals surface area contributed by atoms with Crippen LogP contribution in [0, 0.1) is 11.3 Å². The highest BCUT2D eigenvalue weighted by Gasteiger charge is 2.48. The molecule has 0 heterocycles. The number of ketones is 1. The lowest BCUT2D eigenvalue weighted by Crippen LogP contribution is -2.38. The van der Waals surface area contributed by atoms with Gasteiger partial charge in [-0.1, -0.05) is 32.4 Å². The van der Waals surface area contributed by atoms with Crippen LogP contribution in [-0.4, -0.2) is 27.5 Å². The smallest absolute Gasteiger partial charge is 0.137 e. The standard InChI is InChI=1S/C18H30O2S/c1-5-18(20,6-2)12-21-13(3)14-9-10-15-16(19)8-7-11-17(14,15)4/h9,13,15,20H,5-8,10-12H2,1-4H3/t13-,15?,17?/m1/s1. The Hall–Kier alpha value is -0.280. The van der Waals surface area contributed by atoms with E-state index >= 15 is 0 Å². The molecule has 1 saturated carbocycles. The summed E-state index contributed by atoms with van der Waals surface area (Å²) in [6.07, 6.45) is 7.82. The fourth-order valence-corrected chi connectivity index (χ4v) is 5.52. The highest BCUT2D eigenvalue weighted by atomic mass is 32.2. The third kappa shape index (κ3) is 3.24. The second kappa shape index (κ2) is 6.45. The molecule has 2 aliphatic rings. The average Bonchev–Trinajstić information content (AvgIpc) is 2.83. The van der Waals surface area contributed by atoms with Crippen molar-refractivity contribution in [2.75, 3.05) is 5.75 Å². The Morgan fingerprint density at radius 2 is 2.14 bits per heavy atom. The Morgan fingerprint density at radius 1 is 1.48 bits per heavy atom. The van der Waals surface area contributed by atoms with Crippen LogP contribution in [0.2, 0.25) is 0 Å². The monoisotopic (exact) mass is 310 g/mol. The zero-order valence-corrected chi connectivity index (χ0v) is 14.8. The largest absolute Gasteiger partial charge is 0.389 e. The van der Waals surface area contributed by atoms with E-state index < -0.39 is 5.60 Å². The van der Waals surface area contributed by atoms with Crippen molar-refractivity contribution < 1.29 is 9.90 Å². The van der Waals surface area contributed by atoms with Gasteiger partial charge in [0.05, 0.1) is 5.60 Å². The second-order valence-electron chi connectivity index (χ2n) is 7.07. The number of aliphatic hydroxyl groups is 1. The molecule has 0 bridgehead atoms. The van der Waals surface area contributed by atoms with Gasteiger partial charge in [-0.25, -0.2) is 0 Å². The van der Waals surface area contributed by atoms with Gasteiger partial charge in [0.25, 0.3) is 0 Å². The van der Waals surface area contributed by atoms with Gasteiger partial charge in [0.2, 0.25) is 0 Å². The maximum atomic E-state index is 12.2. The molecule has 1 fully saturated rings. The minimum absolute atomic E-state index is 0.0816. The van der Waals surface area contributed by atoms with Gasteiger partial charge in [-0.3, -0.25) is 4.79 Å². The summed E-state index contributed by atoms with van der Waals surface area (Å²) in [6.45, 7) is 8.65. The van der Waals surface area contributed by atoms with E-state index in [1.165, 1.54) is 5.57 Å². The van der Waals surface area contributed by atoms with Crippen LogP contribution in [0.5, 0.6) is 0 Å². The SMILES string of the molecule is CCC(O)(CC)CS[C@H](C)C1=CCC2C(=O)CCCC12C. The lowest BCUT2D eigenvalue weighted by atomic mass is 9.65. The third-order valence-electron chi connectivity index (χ3n) is 5.87. The summed E-state index contributed by atoms with van der Waals surface area (Å²) >= 11 is 1.86. The van der Waals surface area contributed by atoms with Crippen LogP contribution in [-0.2, 0) is 4.79 Å². The summed E-state index contributed by atoms with van der Waals surface area (Å²) in [6, 6.07) is 0. The number of carbonyl (C=O) groups excluding carboxylic acids is 1. The topological polar surface area (TPSA) is 37.3 Å².